The van der Waals surface area contributed by atoms with Gasteiger partial charge in [-0.1, -0.05) is 12.1 Å². The van der Waals surface area contributed by atoms with Crippen LogP contribution in [0.15, 0.2) is 18.2 Å². The van der Waals surface area contributed by atoms with E-state index in [9.17, 15) is 19.0 Å². The summed E-state index contributed by atoms with van der Waals surface area (Å²) in [6, 6.07) is 4.13. The second kappa shape index (κ2) is 4.11. The monoisotopic (exact) mass is 228 g/mol. The molecule has 0 aromatic heterocycles. The van der Waals surface area contributed by atoms with Gasteiger partial charge >= 0.3 is 0 Å². The molecule has 1 saturated carbocycles. The van der Waals surface area contributed by atoms with E-state index in [0.717, 1.165) is 6.07 Å². The van der Waals surface area contributed by atoms with Crippen LogP contribution >= 0.6 is 0 Å². The van der Waals surface area contributed by atoms with Crippen molar-refractivity contribution in [2.24, 2.45) is 0 Å². The van der Waals surface area contributed by atoms with E-state index in [1.165, 1.54) is 6.07 Å². The first-order chi connectivity index (χ1) is 7.49. The van der Waals surface area contributed by atoms with Gasteiger partial charge in [-0.2, -0.15) is 0 Å². The molecule has 1 fully saturated rings. The molecule has 1 aliphatic carbocycles. The standard InChI is InChI=1S/C12H14F2O2/c13-10-3-1-2-9(11(10)14)8-4-6-12(15,16)7-5-8/h1-3,8,15-16H,4-7H2. The summed E-state index contributed by atoms with van der Waals surface area (Å²) in [7, 11) is 0. The van der Waals surface area contributed by atoms with E-state index >= 15 is 0 Å². The quantitative estimate of drug-likeness (QED) is 0.724. The summed E-state index contributed by atoms with van der Waals surface area (Å²) in [6.45, 7) is 0. The third kappa shape index (κ3) is 2.23. The molecule has 2 rings (SSSR count). The van der Waals surface area contributed by atoms with E-state index in [1.807, 2.05) is 0 Å². The lowest BCUT2D eigenvalue weighted by Gasteiger charge is -2.32. The highest BCUT2D eigenvalue weighted by molar-refractivity contribution is 5.23. The largest absolute Gasteiger partial charge is 0.366 e. The van der Waals surface area contributed by atoms with Crippen molar-refractivity contribution in [1.82, 2.24) is 0 Å². The SMILES string of the molecule is OC1(O)CCC(c2cccc(F)c2F)CC1. The summed E-state index contributed by atoms with van der Waals surface area (Å²) in [6.07, 6.45) is 1.34. The topological polar surface area (TPSA) is 40.5 Å². The number of hydrogen-bond acceptors (Lipinski definition) is 2. The highest BCUT2D eigenvalue weighted by atomic mass is 19.2. The first-order valence-corrected chi connectivity index (χ1v) is 5.38. The third-order valence-corrected chi connectivity index (χ3v) is 3.21. The molecule has 2 nitrogen and oxygen atoms in total. The summed E-state index contributed by atoms with van der Waals surface area (Å²) in [4.78, 5) is 0. The summed E-state index contributed by atoms with van der Waals surface area (Å²) in [5.74, 6) is -3.42. The summed E-state index contributed by atoms with van der Waals surface area (Å²) in [5, 5.41) is 18.7. The lowest BCUT2D eigenvalue weighted by Crippen LogP contribution is -2.33. The fourth-order valence-electron chi connectivity index (χ4n) is 2.23. The van der Waals surface area contributed by atoms with Crippen LogP contribution in [-0.4, -0.2) is 16.0 Å². The van der Waals surface area contributed by atoms with Crippen molar-refractivity contribution in [1.29, 1.82) is 0 Å². The molecule has 1 aliphatic rings. The lowest BCUT2D eigenvalue weighted by molar-refractivity contribution is -0.182. The molecule has 1 aromatic carbocycles. The number of aliphatic hydroxyl groups is 2. The average molecular weight is 228 g/mol. The van der Waals surface area contributed by atoms with E-state index < -0.39 is 17.4 Å². The zero-order valence-corrected chi connectivity index (χ0v) is 8.79. The van der Waals surface area contributed by atoms with Crippen molar-refractivity contribution in [3.63, 3.8) is 0 Å². The molecular weight excluding hydrogens is 214 g/mol. The molecule has 0 heterocycles. The lowest BCUT2D eigenvalue weighted by atomic mass is 9.81. The summed E-state index contributed by atoms with van der Waals surface area (Å²) >= 11 is 0. The predicted octanol–water partition coefficient (Wildman–Crippen LogP) is 2.30. The Labute approximate surface area is 92.5 Å². The van der Waals surface area contributed by atoms with Gasteiger partial charge in [-0.25, -0.2) is 8.78 Å². The Morgan fingerprint density at radius 3 is 2.38 bits per heavy atom. The normalized spacial score (nSPS) is 21.0. The number of hydrogen-bond donors (Lipinski definition) is 2. The molecule has 16 heavy (non-hydrogen) atoms. The Hall–Kier alpha value is -1.00. The van der Waals surface area contributed by atoms with Crippen molar-refractivity contribution in [2.75, 3.05) is 0 Å². The van der Waals surface area contributed by atoms with Gasteiger partial charge in [0.05, 0.1) is 0 Å². The number of benzene rings is 1. The van der Waals surface area contributed by atoms with Crippen molar-refractivity contribution in [2.45, 2.75) is 37.4 Å². The molecule has 2 N–H and O–H groups in total. The van der Waals surface area contributed by atoms with Gasteiger partial charge in [-0.05, 0) is 30.4 Å². The minimum absolute atomic E-state index is 0.122. The van der Waals surface area contributed by atoms with Crippen LogP contribution < -0.4 is 0 Å². The van der Waals surface area contributed by atoms with Crippen LogP contribution in [-0.2, 0) is 0 Å². The Kier molecular flexibility index (Phi) is 2.95. The minimum Gasteiger partial charge on any atom is -0.366 e. The maximum atomic E-state index is 13.5. The van der Waals surface area contributed by atoms with Gasteiger partial charge < -0.3 is 10.2 Å². The van der Waals surface area contributed by atoms with Crippen LogP contribution in [0.3, 0.4) is 0 Å². The highest BCUT2D eigenvalue weighted by Crippen LogP contribution is 2.37. The molecule has 0 spiro atoms. The minimum atomic E-state index is -1.64. The van der Waals surface area contributed by atoms with Crippen LogP contribution in [0.5, 0.6) is 0 Å². The van der Waals surface area contributed by atoms with Gasteiger partial charge in [0.1, 0.15) is 0 Å². The van der Waals surface area contributed by atoms with E-state index in [2.05, 4.69) is 0 Å². The fraction of sp³-hybridized carbons (Fsp3) is 0.500. The molecule has 0 radical (unpaired) electrons. The molecule has 0 atom stereocenters. The van der Waals surface area contributed by atoms with Crippen molar-refractivity contribution < 1.29 is 19.0 Å². The Balaban J connectivity index is 2.17. The van der Waals surface area contributed by atoms with Crippen molar-refractivity contribution in [3.8, 4) is 0 Å². The molecule has 0 unspecified atom stereocenters. The third-order valence-electron chi connectivity index (χ3n) is 3.21. The van der Waals surface area contributed by atoms with Crippen LogP contribution in [0.2, 0.25) is 0 Å². The first kappa shape index (κ1) is 11.5. The van der Waals surface area contributed by atoms with E-state index in [4.69, 9.17) is 0 Å². The first-order valence-electron chi connectivity index (χ1n) is 5.38. The van der Waals surface area contributed by atoms with Gasteiger partial charge in [0.2, 0.25) is 0 Å². The van der Waals surface area contributed by atoms with Gasteiger partial charge in [0, 0.05) is 12.8 Å². The van der Waals surface area contributed by atoms with E-state index in [-0.39, 0.29) is 18.8 Å². The molecular formula is C12H14F2O2. The maximum Gasteiger partial charge on any atom is 0.162 e. The van der Waals surface area contributed by atoms with Crippen LogP contribution in [0.25, 0.3) is 0 Å². The Bertz CT molecular complexity index is 381. The summed E-state index contributed by atoms with van der Waals surface area (Å²) in [5.41, 5.74) is 0.343. The van der Waals surface area contributed by atoms with E-state index in [1.54, 1.807) is 6.07 Å². The molecule has 88 valence electrons. The second-order valence-electron chi connectivity index (χ2n) is 4.40. The van der Waals surface area contributed by atoms with Crippen LogP contribution in [0, 0.1) is 11.6 Å². The molecule has 1 aromatic rings. The number of rotatable bonds is 1. The zero-order chi connectivity index (χ0) is 11.8. The molecule has 4 heteroatoms. The van der Waals surface area contributed by atoms with Gasteiger partial charge in [0.15, 0.2) is 17.4 Å². The van der Waals surface area contributed by atoms with Crippen LogP contribution in [0.4, 0.5) is 8.78 Å². The van der Waals surface area contributed by atoms with E-state index in [0.29, 0.717) is 18.4 Å². The molecule has 0 amide bonds. The second-order valence-corrected chi connectivity index (χ2v) is 4.40. The smallest absolute Gasteiger partial charge is 0.162 e. The van der Waals surface area contributed by atoms with Crippen molar-refractivity contribution >= 4 is 0 Å². The fourth-order valence-corrected chi connectivity index (χ4v) is 2.23. The molecule has 0 aliphatic heterocycles. The van der Waals surface area contributed by atoms with Gasteiger partial charge in [0.25, 0.3) is 0 Å². The molecule has 0 saturated heterocycles. The Morgan fingerprint density at radius 2 is 1.75 bits per heavy atom. The zero-order valence-electron chi connectivity index (χ0n) is 8.79. The maximum absolute atomic E-state index is 13.5. The Morgan fingerprint density at radius 1 is 1.12 bits per heavy atom. The van der Waals surface area contributed by atoms with Crippen molar-refractivity contribution in [3.05, 3.63) is 35.4 Å². The van der Waals surface area contributed by atoms with Gasteiger partial charge in [-0.15, -0.1) is 0 Å². The van der Waals surface area contributed by atoms with Crippen LogP contribution in [0.1, 0.15) is 37.2 Å². The molecule has 0 bridgehead atoms. The number of halogens is 2. The van der Waals surface area contributed by atoms with Gasteiger partial charge in [-0.3, -0.25) is 0 Å². The predicted molar refractivity (Wildman–Crippen MR) is 54.7 cm³/mol. The highest BCUT2D eigenvalue weighted by Gasteiger charge is 2.32. The average Bonchev–Trinajstić information content (AvgIpc) is 2.23. The summed E-state index contributed by atoms with van der Waals surface area (Å²) < 4.78 is 26.5.